The van der Waals surface area contributed by atoms with Gasteiger partial charge in [-0.15, -0.1) is 0 Å². The number of ether oxygens (including phenoxy) is 3. The topological polar surface area (TPSA) is 90.1 Å². The second kappa shape index (κ2) is 5.78. The first kappa shape index (κ1) is 15.2. The highest BCUT2D eigenvalue weighted by molar-refractivity contribution is 7.14. The Hall–Kier alpha value is -2.94. The monoisotopic (exact) mass is 387 g/mol. The maximum Gasteiger partial charge on any atom is 0.309 e. The average Bonchev–Trinajstić information content (AvgIpc) is 3.42. The van der Waals surface area contributed by atoms with Gasteiger partial charge in [-0.3, -0.25) is 0 Å². The van der Waals surface area contributed by atoms with Crippen LogP contribution in [0, 0.1) is 0 Å². The molecular formula is C18H17N3O5S. The third-order valence-corrected chi connectivity index (χ3v) is 5.93. The Morgan fingerprint density at radius 3 is 2.93 bits per heavy atom. The summed E-state index contributed by atoms with van der Waals surface area (Å²) < 4.78 is 29.0. The zero-order valence-corrected chi connectivity index (χ0v) is 15.1. The van der Waals surface area contributed by atoms with Gasteiger partial charge >= 0.3 is 5.95 Å². The van der Waals surface area contributed by atoms with Crippen LogP contribution < -0.4 is 30.2 Å². The third-order valence-electron chi connectivity index (χ3n) is 4.79. The van der Waals surface area contributed by atoms with Crippen LogP contribution in [0.4, 0.5) is 17.3 Å². The van der Waals surface area contributed by atoms with Gasteiger partial charge in [0.15, 0.2) is 28.8 Å². The van der Waals surface area contributed by atoms with E-state index in [1.807, 2.05) is 12.1 Å². The van der Waals surface area contributed by atoms with Crippen molar-refractivity contribution in [2.24, 2.45) is 0 Å². The smallest absolute Gasteiger partial charge is 0.309 e. The number of anilines is 3. The standard InChI is InChI=1S/C18H17N3O5S/c1-3-22-17-9(1)20-7-13(26-17)11-6-12-16(25-11)21-8-14(24-12)15-5-10-18(27-15)23-4-2-19-10/h1,3,5-6,13-14,19-21H,2,4,7-8H2. The van der Waals surface area contributed by atoms with E-state index in [2.05, 4.69) is 22.0 Å². The van der Waals surface area contributed by atoms with E-state index in [4.69, 9.17) is 23.0 Å². The van der Waals surface area contributed by atoms with Crippen LogP contribution >= 0.6 is 11.3 Å². The number of thiophene rings is 1. The molecule has 3 aromatic heterocycles. The van der Waals surface area contributed by atoms with Gasteiger partial charge < -0.3 is 39.0 Å². The van der Waals surface area contributed by atoms with Crippen LogP contribution in [-0.4, -0.2) is 26.2 Å². The van der Waals surface area contributed by atoms with Crippen molar-refractivity contribution in [3.05, 3.63) is 35.1 Å². The highest BCUT2D eigenvalue weighted by Crippen LogP contribution is 2.45. The van der Waals surface area contributed by atoms with Crippen LogP contribution in [0.5, 0.6) is 16.8 Å². The van der Waals surface area contributed by atoms with Gasteiger partial charge in [0.05, 0.1) is 29.9 Å². The molecule has 0 saturated carbocycles. The quantitative estimate of drug-likeness (QED) is 0.611. The maximum atomic E-state index is 6.19. The zero-order valence-electron chi connectivity index (χ0n) is 14.2. The van der Waals surface area contributed by atoms with Crippen molar-refractivity contribution in [1.29, 1.82) is 0 Å². The predicted molar refractivity (Wildman–Crippen MR) is 99.4 cm³/mol. The molecule has 2 unspecified atom stereocenters. The zero-order chi connectivity index (χ0) is 17.8. The lowest BCUT2D eigenvalue weighted by Gasteiger charge is -2.22. The summed E-state index contributed by atoms with van der Waals surface area (Å²) in [6.45, 7) is 2.75. The minimum atomic E-state index is -0.273. The molecule has 3 aromatic rings. The normalized spacial score (nSPS) is 22.5. The molecule has 8 nitrogen and oxygen atoms in total. The summed E-state index contributed by atoms with van der Waals surface area (Å²) in [6.07, 6.45) is 1.23. The predicted octanol–water partition coefficient (Wildman–Crippen LogP) is 3.83. The van der Waals surface area contributed by atoms with Gasteiger partial charge in [-0.25, -0.2) is 0 Å². The molecular weight excluding hydrogens is 370 g/mol. The first-order chi connectivity index (χ1) is 13.3. The molecule has 0 bridgehead atoms. The number of furan rings is 2. The number of rotatable bonds is 2. The average molecular weight is 387 g/mol. The molecule has 2 atom stereocenters. The van der Waals surface area contributed by atoms with E-state index >= 15 is 0 Å². The molecule has 6 heterocycles. The van der Waals surface area contributed by atoms with Crippen molar-refractivity contribution in [2.45, 2.75) is 12.2 Å². The Kier molecular flexibility index (Phi) is 3.24. The van der Waals surface area contributed by atoms with E-state index in [0.29, 0.717) is 43.0 Å². The summed E-state index contributed by atoms with van der Waals surface area (Å²) in [4.78, 5) is 1.12. The van der Waals surface area contributed by atoms with Gasteiger partial charge in [-0.05, 0) is 6.07 Å². The van der Waals surface area contributed by atoms with Crippen molar-refractivity contribution < 1.29 is 23.0 Å². The second-order valence-electron chi connectivity index (χ2n) is 6.56. The molecule has 3 aliphatic rings. The van der Waals surface area contributed by atoms with E-state index in [-0.39, 0.29) is 12.2 Å². The van der Waals surface area contributed by atoms with Crippen LogP contribution in [0.15, 0.2) is 33.3 Å². The van der Waals surface area contributed by atoms with Gasteiger partial charge in [0.25, 0.3) is 0 Å². The van der Waals surface area contributed by atoms with Gasteiger partial charge in [0.2, 0.25) is 5.88 Å². The van der Waals surface area contributed by atoms with Crippen molar-refractivity contribution in [3.8, 4) is 16.8 Å². The lowest BCUT2D eigenvalue weighted by molar-refractivity contribution is 0.140. The van der Waals surface area contributed by atoms with Crippen LogP contribution in [0.25, 0.3) is 0 Å². The largest absolute Gasteiger partial charge is 0.481 e. The van der Waals surface area contributed by atoms with Gasteiger partial charge in [-0.2, -0.15) is 0 Å². The summed E-state index contributed by atoms with van der Waals surface area (Å²) >= 11 is 1.62. The molecule has 3 aliphatic heterocycles. The Morgan fingerprint density at radius 2 is 1.96 bits per heavy atom. The van der Waals surface area contributed by atoms with Crippen molar-refractivity contribution in [2.75, 3.05) is 42.2 Å². The fourth-order valence-corrected chi connectivity index (χ4v) is 4.50. The molecule has 0 amide bonds. The summed E-state index contributed by atoms with van der Waals surface area (Å²) in [5.41, 5.74) is 1.90. The summed E-state index contributed by atoms with van der Waals surface area (Å²) in [5, 5.41) is 10.9. The molecule has 6 rings (SSSR count). The van der Waals surface area contributed by atoms with E-state index < -0.39 is 0 Å². The second-order valence-corrected chi connectivity index (χ2v) is 7.61. The molecule has 0 radical (unpaired) electrons. The Labute approximate surface area is 158 Å². The summed E-state index contributed by atoms with van der Waals surface area (Å²) in [7, 11) is 0. The van der Waals surface area contributed by atoms with E-state index in [1.165, 1.54) is 0 Å². The van der Waals surface area contributed by atoms with Gasteiger partial charge in [0, 0.05) is 18.7 Å². The van der Waals surface area contributed by atoms with Crippen molar-refractivity contribution in [3.63, 3.8) is 0 Å². The molecule has 27 heavy (non-hydrogen) atoms. The molecule has 0 saturated heterocycles. The highest BCUT2D eigenvalue weighted by atomic mass is 32.1. The highest BCUT2D eigenvalue weighted by Gasteiger charge is 2.32. The van der Waals surface area contributed by atoms with Crippen LogP contribution in [0.2, 0.25) is 0 Å². The van der Waals surface area contributed by atoms with Crippen LogP contribution in [-0.2, 0) is 0 Å². The number of hydrogen-bond donors (Lipinski definition) is 3. The molecule has 3 N–H and O–H groups in total. The number of hydrogen-bond acceptors (Lipinski definition) is 9. The first-order valence-corrected chi connectivity index (χ1v) is 9.68. The van der Waals surface area contributed by atoms with E-state index in [9.17, 15) is 0 Å². The lowest BCUT2D eigenvalue weighted by atomic mass is 10.2. The molecule has 0 fully saturated rings. The summed E-state index contributed by atoms with van der Waals surface area (Å²) in [6, 6.07) is 5.83. The van der Waals surface area contributed by atoms with E-state index in [0.717, 1.165) is 27.9 Å². The van der Waals surface area contributed by atoms with E-state index in [1.54, 1.807) is 17.6 Å². The van der Waals surface area contributed by atoms with Gasteiger partial charge in [0.1, 0.15) is 12.3 Å². The molecule has 0 aliphatic carbocycles. The SMILES string of the molecule is c1cc2c(o1)OC(c1cc3c(o1)NCC(c1cc4c(s1)OCCN4)O3)CN2. The summed E-state index contributed by atoms with van der Waals surface area (Å²) in [5.74, 6) is 2.49. The third kappa shape index (κ3) is 2.49. The minimum absolute atomic E-state index is 0.0916. The fraction of sp³-hybridized carbons (Fsp3) is 0.333. The minimum Gasteiger partial charge on any atom is -0.481 e. The Morgan fingerprint density at radius 1 is 1.00 bits per heavy atom. The van der Waals surface area contributed by atoms with Crippen LogP contribution in [0.1, 0.15) is 22.8 Å². The molecule has 140 valence electrons. The Balaban J connectivity index is 1.23. The number of nitrogens with one attached hydrogen (secondary N) is 3. The lowest BCUT2D eigenvalue weighted by Crippen LogP contribution is -2.22. The molecule has 9 heteroatoms. The first-order valence-electron chi connectivity index (χ1n) is 8.86. The molecule has 0 aromatic carbocycles. The Bertz CT molecular complexity index is 970. The van der Waals surface area contributed by atoms with Gasteiger partial charge in [-0.1, -0.05) is 11.3 Å². The molecule has 0 spiro atoms. The van der Waals surface area contributed by atoms with Crippen molar-refractivity contribution >= 4 is 28.6 Å². The maximum absolute atomic E-state index is 6.19. The number of fused-ring (bicyclic) bond motifs is 3. The van der Waals surface area contributed by atoms with Crippen molar-refractivity contribution in [1.82, 2.24) is 0 Å². The fourth-order valence-electron chi connectivity index (χ4n) is 3.46. The van der Waals surface area contributed by atoms with Crippen LogP contribution in [0.3, 0.4) is 0 Å².